The lowest BCUT2D eigenvalue weighted by Gasteiger charge is -2.35. The van der Waals surface area contributed by atoms with Crippen LogP contribution in [0.2, 0.25) is 5.02 Å². The van der Waals surface area contributed by atoms with Gasteiger partial charge in [0.25, 0.3) is 0 Å². The number of benzene rings is 1. The summed E-state index contributed by atoms with van der Waals surface area (Å²) < 4.78 is 5.31. The van der Waals surface area contributed by atoms with Gasteiger partial charge in [0.15, 0.2) is 0 Å². The van der Waals surface area contributed by atoms with Crippen LogP contribution < -0.4 is 0 Å². The van der Waals surface area contributed by atoms with Gasteiger partial charge in [-0.15, -0.1) is 0 Å². The Morgan fingerprint density at radius 1 is 1.39 bits per heavy atom. The minimum Gasteiger partial charge on any atom is -0.481 e. The average molecular weight is 340 g/mol. The zero-order valence-electron chi connectivity index (χ0n) is 13.2. The molecule has 23 heavy (non-hydrogen) atoms. The number of carbonyl (C=O) groups excluding carboxylic acids is 1. The molecule has 0 bridgehead atoms. The number of carboxylic acid groups (broad SMARTS) is 1. The van der Waals surface area contributed by atoms with Crippen molar-refractivity contribution in [1.82, 2.24) is 4.90 Å². The summed E-state index contributed by atoms with van der Waals surface area (Å²) in [7, 11) is 0. The van der Waals surface area contributed by atoms with E-state index in [-0.39, 0.29) is 24.3 Å². The molecule has 0 saturated carbocycles. The van der Waals surface area contributed by atoms with E-state index in [1.54, 1.807) is 4.90 Å². The Kier molecular flexibility index (Phi) is 6.42. The number of morpholine rings is 1. The molecule has 1 aliphatic heterocycles. The van der Waals surface area contributed by atoms with E-state index in [4.69, 9.17) is 21.4 Å². The van der Waals surface area contributed by atoms with Crippen LogP contribution in [0.25, 0.3) is 0 Å². The zero-order valence-corrected chi connectivity index (χ0v) is 14.0. The van der Waals surface area contributed by atoms with Gasteiger partial charge >= 0.3 is 5.97 Å². The van der Waals surface area contributed by atoms with E-state index in [2.05, 4.69) is 0 Å². The Bertz CT molecular complexity index is 546. The van der Waals surface area contributed by atoms with E-state index in [1.807, 2.05) is 31.2 Å². The first kappa shape index (κ1) is 17.8. The third kappa shape index (κ3) is 5.52. The molecule has 2 atom stereocenters. The molecule has 1 fully saturated rings. The van der Waals surface area contributed by atoms with E-state index < -0.39 is 5.97 Å². The summed E-state index contributed by atoms with van der Waals surface area (Å²) in [6, 6.07) is 7.25. The highest BCUT2D eigenvalue weighted by Gasteiger charge is 2.29. The molecule has 5 nitrogen and oxygen atoms in total. The molecule has 1 aliphatic rings. The summed E-state index contributed by atoms with van der Waals surface area (Å²) in [5.74, 6) is -0.731. The third-order valence-electron chi connectivity index (χ3n) is 3.98. The lowest BCUT2D eigenvalue weighted by Crippen LogP contribution is -2.49. The summed E-state index contributed by atoms with van der Waals surface area (Å²) >= 11 is 5.87. The molecule has 1 aromatic rings. The number of hydrogen-bond donors (Lipinski definition) is 1. The lowest BCUT2D eigenvalue weighted by atomic mass is 9.97. The molecule has 1 aromatic carbocycles. The Morgan fingerprint density at radius 2 is 2.09 bits per heavy atom. The molecular weight excluding hydrogens is 318 g/mol. The van der Waals surface area contributed by atoms with Crippen LogP contribution in [0.5, 0.6) is 0 Å². The summed E-state index contributed by atoms with van der Waals surface area (Å²) in [6.45, 7) is 3.25. The van der Waals surface area contributed by atoms with Crippen molar-refractivity contribution in [2.24, 2.45) is 5.92 Å². The summed E-state index contributed by atoms with van der Waals surface area (Å²) in [5, 5.41) is 9.66. The third-order valence-corrected chi connectivity index (χ3v) is 4.23. The first-order valence-corrected chi connectivity index (χ1v) is 8.17. The molecule has 126 valence electrons. The molecule has 0 radical (unpaired) electrons. The summed E-state index contributed by atoms with van der Waals surface area (Å²) in [6.07, 6.45) is 1.12. The van der Waals surface area contributed by atoms with Crippen molar-refractivity contribution in [3.63, 3.8) is 0 Å². The fourth-order valence-electron chi connectivity index (χ4n) is 2.86. The van der Waals surface area contributed by atoms with Crippen LogP contribution in [0, 0.1) is 5.92 Å². The maximum atomic E-state index is 12.5. The number of amides is 1. The molecule has 0 aromatic heterocycles. The van der Waals surface area contributed by atoms with Crippen LogP contribution >= 0.6 is 11.6 Å². The lowest BCUT2D eigenvalue weighted by molar-refractivity contribution is -0.146. The number of ether oxygens (including phenoxy) is 1. The highest BCUT2D eigenvalue weighted by molar-refractivity contribution is 6.30. The van der Waals surface area contributed by atoms with Gasteiger partial charge in [-0.05, 0) is 30.0 Å². The maximum Gasteiger partial charge on any atom is 0.305 e. The number of carboxylic acids is 1. The van der Waals surface area contributed by atoms with Gasteiger partial charge in [-0.25, -0.2) is 0 Å². The highest BCUT2D eigenvalue weighted by atomic mass is 35.5. The highest BCUT2D eigenvalue weighted by Crippen LogP contribution is 2.18. The van der Waals surface area contributed by atoms with E-state index in [1.165, 1.54) is 0 Å². The number of halogens is 1. The first-order valence-electron chi connectivity index (χ1n) is 7.79. The molecule has 0 spiro atoms. The predicted molar refractivity (Wildman–Crippen MR) is 87.5 cm³/mol. The minimum atomic E-state index is -0.910. The van der Waals surface area contributed by atoms with Crippen molar-refractivity contribution in [3.05, 3.63) is 34.9 Å². The zero-order chi connectivity index (χ0) is 16.8. The molecule has 2 rings (SSSR count). The summed E-state index contributed by atoms with van der Waals surface area (Å²) in [4.78, 5) is 25.1. The van der Waals surface area contributed by atoms with Gasteiger partial charge in [0, 0.05) is 18.0 Å². The van der Waals surface area contributed by atoms with Crippen molar-refractivity contribution < 1.29 is 19.4 Å². The van der Waals surface area contributed by atoms with Gasteiger partial charge in [0.2, 0.25) is 5.91 Å². The fraction of sp³-hybridized carbons (Fsp3) is 0.529. The Balaban J connectivity index is 1.90. The van der Waals surface area contributed by atoms with E-state index in [0.717, 1.165) is 12.0 Å². The molecule has 1 amide bonds. The summed E-state index contributed by atoms with van der Waals surface area (Å²) in [5.41, 5.74) is 1.14. The van der Waals surface area contributed by atoms with Crippen molar-refractivity contribution in [2.45, 2.75) is 32.2 Å². The number of rotatable bonds is 6. The average Bonchev–Trinajstić information content (AvgIpc) is 2.49. The Morgan fingerprint density at radius 3 is 2.74 bits per heavy atom. The maximum absolute atomic E-state index is 12.5. The Hall–Kier alpha value is -1.59. The van der Waals surface area contributed by atoms with Gasteiger partial charge in [-0.2, -0.15) is 0 Å². The topological polar surface area (TPSA) is 66.8 Å². The van der Waals surface area contributed by atoms with Crippen molar-refractivity contribution >= 4 is 23.5 Å². The van der Waals surface area contributed by atoms with Crippen LogP contribution in [-0.4, -0.2) is 47.7 Å². The van der Waals surface area contributed by atoms with Gasteiger partial charge in [0.1, 0.15) is 0 Å². The van der Waals surface area contributed by atoms with Crippen molar-refractivity contribution in [3.8, 4) is 0 Å². The van der Waals surface area contributed by atoms with Crippen molar-refractivity contribution in [2.75, 3.05) is 19.8 Å². The van der Waals surface area contributed by atoms with Crippen LogP contribution in [-0.2, 0) is 20.7 Å². The number of carbonyl (C=O) groups is 2. The molecule has 0 aliphatic carbocycles. The molecule has 6 heteroatoms. The number of hydrogen-bond acceptors (Lipinski definition) is 3. The van der Waals surface area contributed by atoms with E-state index in [0.29, 0.717) is 31.2 Å². The van der Waals surface area contributed by atoms with Crippen LogP contribution in [0.4, 0.5) is 0 Å². The molecule has 2 unspecified atom stereocenters. The van der Waals surface area contributed by atoms with Crippen LogP contribution in [0.3, 0.4) is 0 Å². The van der Waals surface area contributed by atoms with Gasteiger partial charge in [-0.1, -0.05) is 30.7 Å². The van der Waals surface area contributed by atoms with Crippen molar-refractivity contribution in [1.29, 1.82) is 0 Å². The second kappa shape index (κ2) is 8.31. The molecule has 1 N–H and O–H groups in total. The minimum absolute atomic E-state index is 0.000938. The quantitative estimate of drug-likeness (QED) is 0.865. The second-order valence-electron chi connectivity index (χ2n) is 6.05. The number of aliphatic carboxylic acids is 1. The molecule has 1 saturated heterocycles. The fourth-order valence-corrected chi connectivity index (χ4v) is 2.99. The predicted octanol–water partition coefficient (Wildman–Crippen LogP) is 2.61. The molecular formula is C17H22ClNO4. The Labute approximate surface area is 141 Å². The molecule has 1 heterocycles. The van der Waals surface area contributed by atoms with Gasteiger partial charge in [-0.3, -0.25) is 9.59 Å². The monoisotopic (exact) mass is 339 g/mol. The standard InChI is InChI=1S/C17H22ClNO4/c1-12(8-13-2-4-14(18)5-3-13)9-16(20)19-6-7-23-11-15(19)10-17(21)22/h2-5,12,15H,6-11H2,1H3,(H,21,22). The largest absolute Gasteiger partial charge is 0.481 e. The SMILES string of the molecule is CC(CC(=O)N1CCOCC1CC(=O)O)Cc1ccc(Cl)cc1. The van der Waals surface area contributed by atoms with E-state index in [9.17, 15) is 9.59 Å². The normalized spacial score (nSPS) is 19.4. The first-order chi connectivity index (χ1) is 11.0. The van der Waals surface area contributed by atoms with E-state index >= 15 is 0 Å². The van der Waals surface area contributed by atoms with Gasteiger partial charge in [0.05, 0.1) is 25.7 Å². The number of nitrogens with zero attached hydrogens (tertiary/aromatic N) is 1. The smallest absolute Gasteiger partial charge is 0.305 e. The second-order valence-corrected chi connectivity index (χ2v) is 6.49. The van der Waals surface area contributed by atoms with Crippen LogP contribution in [0.15, 0.2) is 24.3 Å². The van der Waals surface area contributed by atoms with Gasteiger partial charge < -0.3 is 14.7 Å². The van der Waals surface area contributed by atoms with Crippen LogP contribution in [0.1, 0.15) is 25.3 Å².